The van der Waals surface area contributed by atoms with Gasteiger partial charge in [0, 0.05) is 0 Å². The summed E-state index contributed by atoms with van der Waals surface area (Å²) in [5, 5.41) is 0. The van der Waals surface area contributed by atoms with Crippen LogP contribution in [-0.2, 0) is 21.1 Å². The maximum atomic E-state index is 2.29. The van der Waals surface area contributed by atoms with Gasteiger partial charge in [0.05, 0.1) is 0 Å². The monoisotopic (exact) mass is 331 g/mol. The van der Waals surface area contributed by atoms with Gasteiger partial charge in [0.25, 0.3) is 0 Å². The van der Waals surface area contributed by atoms with Crippen LogP contribution in [0.4, 0.5) is 0 Å². The van der Waals surface area contributed by atoms with Gasteiger partial charge in [-0.25, -0.2) is 0 Å². The number of rotatable bonds is 3. The van der Waals surface area contributed by atoms with Crippen LogP contribution in [-0.4, -0.2) is 24.0 Å². The molecule has 0 spiro atoms. The SMILES string of the molecule is CCP(CC)CC.O.[Pt+2]. The molecule has 0 aliphatic heterocycles. The molecule has 1 nitrogen and oxygen atoms in total. The van der Waals surface area contributed by atoms with Gasteiger partial charge in [-0.2, -0.15) is 0 Å². The predicted octanol–water partition coefficient (Wildman–Crippen LogP) is 1.70. The number of hydrogen-bond donors (Lipinski definition) is 0. The summed E-state index contributed by atoms with van der Waals surface area (Å²) in [5.41, 5.74) is 0. The van der Waals surface area contributed by atoms with E-state index in [0.29, 0.717) is 7.92 Å². The van der Waals surface area contributed by atoms with Crippen molar-refractivity contribution in [2.75, 3.05) is 18.5 Å². The molecule has 0 aliphatic rings. The maximum absolute atomic E-state index is 2.29. The zero-order valence-corrected chi connectivity index (χ0v) is 9.55. The third-order valence-corrected chi connectivity index (χ3v) is 4.02. The molecule has 9 heavy (non-hydrogen) atoms. The van der Waals surface area contributed by atoms with Crippen molar-refractivity contribution in [2.24, 2.45) is 0 Å². The van der Waals surface area contributed by atoms with Crippen LogP contribution >= 0.6 is 7.92 Å². The summed E-state index contributed by atoms with van der Waals surface area (Å²) in [6, 6.07) is 0. The van der Waals surface area contributed by atoms with E-state index in [0.717, 1.165) is 0 Å². The molecule has 0 unspecified atom stereocenters. The van der Waals surface area contributed by atoms with Crippen molar-refractivity contribution in [3.63, 3.8) is 0 Å². The van der Waals surface area contributed by atoms with E-state index in [1.54, 1.807) is 0 Å². The molecule has 60 valence electrons. The van der Waals surface area contributed by atoms with Crippen molar-refractivity contribution in [3.05, 3.63) is 0 Å². The average molecular weight is 331 g/mol. The minimum atomic E-state index is 0. The summed E-state index contributed by atoms with van der Waals surface area (Å²) in [7, 11) is 0.446. The molecule has 0 fully saturated rings. The first kappa shape index (κ1) is 16.6. The standard InChI is InChI=1S/C6H15P.H2O.Pt/c1-4-7(5-2)6-3;;/h4-6H2,1-3H3;1H2;/q;;+2. The molecule has 0 radical (unpaired) electrons. The quantitative estimate of drug-likeness (QED) is 0.705. The Bertz CT molecular complexity index is 34.5. The Hall–Kier alpha value is 1.08. The molecule has 0 aromatic heterocycles. The summed E-state index contributed by atoms with van der Waals surface area (Å²) in [6.45, 7) is 6.87. The van der Waals surface area contributed by atoms with Crippen LogP contribution in [0, 0.1) is 0 Å². The molecule has 0 saturated heterocycles. The zero-order valence-electron chi connectivity index (χ0n) is 6.38. The minimum absolute atomic E-state index is 0. The molecule has 2 N–H and O–H groups in total. The van der Waals surface area contributed by atoms with E-state index in [4.69, 9.17) is 0 Å². The van der Waals surface area contributed by atoms with Crippen LogP contribution < -0.4 is 0 Å². The van der Waals surface area contributed by atoms with E-state index in [9.17, 15) is 0 Å². The van der Waals surface area contributed by atoms with Gasteiger partial charge in [-0.15, -0.1) is 7.92 Å². The van der Waals surface area contributed by atoms with Gasteiger partial charge < -0.3 is 5.48 Å². The number of hydrogen-bond acceptors (Lipinski definition) is 0. The van der Waals surface area contributed by atoms with Gasteiger partial charge in [-0.05, 0) is 18.5 Å². The third-order valence-electron chi connectivity index (χ3n) is 1.34. The van der Waals surface area contributed by atoms with E-state index in [-0.39, 0.29) is 26.5 Å². The second-order valence-electron chi connectivity index (χ2n) is 1.62. The fraction of sp³-hybridized carbons (Fsp3) is 1.00. The Labute approximate surface area is 73.9 Å². The van der Waals surface area contributed by atoms with Gasteiger partial charge in [-0.1, -0.05) is 20.8 Å². The molecule has 0 aromatic carbocycles. The zero-order chi connectivity index (χ0) is 5.70. The van der Waals surface area contributed by atoms with Gasteiger partial charge in [0.2, 0.25) is 0 Å². The Morgan fingerprint density at radius 2 is 1.11 bits per heavy atom. The van der Waals surface area contributed by atoms with Gasteiger partial charge >= 0.3 is 21.1 Å². The molecule has 0 aliphatic carbocycles. The molecule has 0 atom stereocenters. The molecule has 0 rings (SSSR count). The van der Waals surface area contributed by atoms with Crippen LogP contribution in [0.1, 0.15) is 20.8 Å². The largest absolute Gasteiger partial charge is 2.00 e. The van der Waals surface area contributed by atoms with Gasteiger partial charge in [0.15, 0.2) is 0 Å². The smallest absolute Gasteiger partial charge is 0.412 e. The van der Waals surface area contributed by atoms with Crippen LogP contribution in [0.25, 0.3) is 0 Å². The Kier molecular flexibility index (Phi) is 21.8. The van der Waals surface area contributed by atoms with Crippen LogP contribution in [0.2, 0.25) is 0 Å². The van der Waals surface area contributed by atoms with Crippen LogP contribution in [0.5, 0.6) is 0 Å². The van der Waals surface area contributed by atoms with Crippen molar-refractivity contribution in [1.82, 2.24) is 0 Å². The molecule has 0 bridgehead atoms. The first-order valence-corrected chi connectivity index (χ1v) is 4.97. The predicted molar refractivity (Wildman–Crippen MR) is 42.2 cm³/mol. The summed E-state index contributed by atoms with van der Waals surface area (Å²) in [4.78, 5) is 0. The first-order valence-electron chi connectivity index (χ1n) is 3.07. The third kappa shape index (κ3) is 9.08. The fourth-order valence-corrected chi connectivity index (χ4v) is 2.01. The molecule has 0 saturated carbocycles. The Morgan fingerprint density at radius 1 is 0.889 bits per heavy atom. The molecular weight excluding hydrogens is 314 g/mol. The summed E-state index contributed by atoms with van der Waals surface area (Å²) in [5.74, 6) is 0. The molecular formula is C6H17OPPt+2. The second-order valence-corrected chi connectivity index (χ2v) is 4.86. The van der Waals surface area contributed by atoms with Crippen LogP contribution in [0.15, 0.2) is 0 Å². The van der Waals surface area contributed by atoms with E-state index in [1.165, 1.54) is 18.5 Å². The van der Waals surface area contributed by atoms with Crippen molar-refractivity contribution >= 4 is 7.92 Å². The van der Waals surface area contributed by atoms with E-state index < -0.39 is 0 Å². The van der Waals surface area contributed by atoms with Crippen molar-refractivity contribution in [2.45, 2.75) is 20.8 Å². The second kappa shape index (κ2) is 11.8. The van der Waals surface area contributed by atoms with Crippen molar-refractivity contribution in [1.29, 1.82) is 0 Å². The van der Waals surface area contributed by atoms with Crippen molar-refractivity contribution in [3.8, 4) is 0 Å². The Balaban J connectivity index is -0.000000180. The minimum Gasteiger partial charge on any atom is -0.412 e. The average Bonchev–Trinajstić information content (AvgIpc) is 1.72. The van der Waals surface area contributed by atoms with E-state index in [2.05, 4.69) is 20.8 Å². The van der Waals surface area contributed by atoms with E-state index in [1.807, 2.05) is 0 Å². The molecule has 0 heterocycles. The Morgan fingerprint density at radius 3 is 1.11 bits per heavy atom. The molecule has 0 amide bonds. The van der Waals surface area contributed by atoms with Gasteiger partial charge in [0.1, 0.15) is 0 Å². The van der Waals surface area contributed by atoms with Crippen molar-refractivity contribution < 1.29 is 26.5 Å². The summed E-state index contributed by atoms with van der Waals surface area (Å²) < 4.78 is 0. The molecule has 3 heteroatoms. The maximum Gasteiger partial charge on any atom is 2.00 e. The normalized spacial score (nSPS) is 8.00. The summed E-state index contributed by atoms with van der Waals surface area (Å²) in [6.07, 6.45) is 4.26. The van der Waals surface area contributed by atoms with E-state index >= 15 is 0 Å². The topological polar surface area (TPSA) is 31.5 Å². The molecule has 0 aromatic rings. The van der Waals surface area contributed by atoms with Gasteiger partial charge in [-0.3, -0.25) is 0 Å². The fourth-order valence-electron chi connectivity index (χ4n) is 0.671. The summed E-state index contributed by atoms with van der Waals surface area (Å²) >= 11 is 0. The van der Waals surface area contributed by atoms with Crippen LogP contribution in [0.3, 0.4) is 0 Å². The first-order chi connectivity index (χ1) is 3.35.